The number of aliphatic hydroxyl groups excluding tert-OH is 1. The molecule has 0 aliphatic rings. The van der Waals surface area contributed by atoms with Gasteiger partial charge in [-0.25, -0.2) is 0 Å². The third-order valence-corrected chi connectivity index (χ3v) is 1.82. The Morgan fingerprint density at radius 2 is 1.92 bits per heavy atom. The van der Waals surface area contributed by atoms with E-state index in [9.17, 15) is 4.79 Å². The van der Waals surface area contributed by atoms with Crippen LogP contribution in [0.3, 0.4) is 0 Å². The van der Waals surface area contributed by atoms with Crippen molar-refractivity contribution in [3.05, 3.63) is 0 Å². The highest BCUT2D eigenvalue weighted by Gasteiger charge is 2.31. The minimum absolute atomic E-state index is 0.197. The first-order valence-corrected chi connectivity index (χ1v) is 4.91. The average Bonchev–Trinajstić information content (AvgIpc) is 1.82. The van der Waals surface area contributed by atoms with Crippen LogP contribution in [0.1, 0.15) is 20.3 Å². The van der Waals surface area contributed by atoms with E-state index in [4.69, 9.17) is 39.9 Å². The van der Waals surface area contributed by atoms with Crippen molar-refractivity contribution in [1.29, 1.82) is 0 Å². The van der Waals surface area contributed by atoms with Gasteiger partial charge in [0.1, 0.15) is 0 Å². The smallest absolute Gasteiger partial charge is 0.234 e. The minimum Gasteiger partial charge on any atom is -0.369 e. The zero-order chi connectivity index (χ0) is 10.6. The number of halogens is 3. The maximum Gasteiger partial charge on any atom is 0.234 e. The molecule has 0 unspecified atom stereocenters. The molecule has 1 atom stereocenters. The molecule has 6 heteroatoms. The van der Waals surface area contributed by atoms with E-state index < -0.39 is 10.0 Å². The van der Waals surface area contributed by atoms with E-state index in [0.717, 1.165) is 0 Å². The number of nitrogens with one attached hydrogen (secondary N) is 1. The summed E-state index contributed by atoms with van der Waals surface area (Å²) in [5, 5.41) is 11.3. The fourth-order valence-electron chi connectivity index (χ4n) is 0.664. The first-order chi connectivity index (χ1) is 5.73. The van der Waals surface area contributed by atoms with Crippen molar-refractivity contribution < 1.29 is 9.90 Å². The molecular formula is C7H12Cl3NO2. The summed E-state index contributed by atoms with van der Waals surface area (Å²) >= 11 is 16.0. The van der Waals surface area contributed by atoms with Crippen molar-refractivity contribution in [1.82, 2.24) is 5.32 Å². The summed E-state index contributed by atoms with van der Waals surface area (Å²) < 4.78 is -1.88. The molecule has 2 N–H and O–H groups in total. The summed E-state index contributed by atoms with van der Waals surface area (Å²) in [6.45, 7) is 3.75. The van der Waals surface area contributed by atoms with Crippen LogP contribution in [0.5, 0.6) is 0 Å². The lowest BCUT2D eigenvalue weighted by atomic mass is 10.1. The van der Waals surface area contributed by atoms with Gasteiger partial charge in [0, 0.05) is 6.42 Å². The third kappa shape index (κ3) is 6.38. The molecule has 0 rings (SSSR count). The zero-order valence-corrected chi connectivity index (χ0v) is 9.62. The van der Waals surface area contributed by atoms with Crippen molar-refractivity contribution in [3.63, 3.8) is 0 Å². The molecule has 0 aliphatic carbocycles. The monoisotopic (exact) mass is 247 g/mol. The van der Waals surface area contributed by atoms with Crippen molar-refractivity contribution in [3.8, 4) is 0 Å². The number of carbonyl (C=O) groups excluding carboxylic acids is 1. The van der Waals surface area contributed by atoms with Crippen molar-refractivity contribution in [2.24, 2.45) is 5.92 Å². The van der Waals surface area contributed by atoms with E-state index in [0.29, 0.717) is 0 Å². The quantitative estimate of drug-likeness (QED) is 0.591. The Morgan fingerprint density at radius 1 is 1.46 bits per heavy atom. The molecule has 0 fully saturated rings. The summed E-state index contributed by atoms with van der Waals surface area (Å²) in [7, 11) is 0. The molecule has 13 heavy (non-hydrogen) atoms. The zero-order valence-electron chi connectivity index (χ0n) is 7.35. The second kappa shape index (κ2) is 5.25. The Bertz CT molecular complexity index is 179. The lowest BCUT2D eigenvalue weighted by molar-refractivity contribution is -0.124. The van der Waals surface area contributed by atoms with Crippen LogP contribution >= 0.6 is 34.8 Å². The molecule has 0 heterocycles. The summed E-state index contributed by atoms with van der Waals surface area (Å²) in [6.07, 6.45) is -1.18. The van der Waals surface area contributed by atoms with Crippen LogP contribution in [0.25, 0.3) is 0 Å². The van der Waals surface area contributed by atoms with E-state index in [1.54, 1.807) is 0 Å². The predicted octanol–water partition coefficient (Wildman–Crippen LogP) is 1.84. The van der Waals surface area contributed by atoms with Crippen molar-refractivity contribution in [2.75, 3.05) is 0 Å². The topological polar surface area (TPSA) is 49.3 Å². The summed E-state index contributed by atoms with van der Waals surface area (Å²) in [6, 6.07) is 0. The lowest BCUT2D eigenvalue weighted by Crippen LogP contribution is -2.43. The van der Waals surface area contributed by atoms with Crippen LogP contribution in [0.2, 0.25) is 0 Å². The molecule has 3 nitrogen and oxygen atoms in total. The molecule has 0 aromatic carbocycles. The first kappa shape index (κ1) is 13.3. The molecule has 0 saturated carbocycles. The van der Waals surface area contributed by atoms with Crippen LogP contribution in [-0.2, 0) is 4.79 Å². The van der Waals surface area contributed by atoms with Crippen molar-refractivity contribution in [2.45, 2.75) is 30.3 Å². The van der Waals surface area contributed by atoms with Gasteiger partial charge >= 0.3 is 0 Å². The molecule has 0 spiro atoms. The largest absolute Gasteiger partial charge is 0.369 e. The second-order valence-corrected chi connectivity index (χ2v) is 5.48. The fraction of sp³-hybridized carbons (Fsp3) is 0.857. The highest BCUT2D eigenvalue weighted by Crippen LogP contribution is 2.28. The van der Waals surface area contributed by atoms with E-state index in [2.05, 4.69) is 5.32 Å². The number of hydrogen-bond acceptors (Lipinski definition) is 2. The van der Waals surface area contributed by atoms with Crippen LogP contribution in [0.15, 0.2) is 0 Å². The molecule has 0 saturated heterocycles. The predicted molar refractivity (Wildman–Crippen MR) is 53.9 cm³/mol. The van der Waals surface area contributed by atoms with E-state index in [1.165, 1.54) is 0 Å². The van der Waals surface area contributed by atoms with Crippen LogP contribution in [0, 0.1) is 5.92 Å². The summed E-state index contributed by atoms with van der Waals surface area (Å²) in [5.74, 6) is -0.142. The second-order valence-electron chi connectivity index (χ2n) is 3.11. The van der Waals surface area contributed by atoms with E-state index in [1.807, 2.05) is 13.8 Å². The Labute approximate surface area is 92.3 Å². The van der Waals surface area contributed by atoms with E-state index >= 15 is 0 Å². The SMILES string of the molecule is CC(C)CC(=O)N[C@H](O)C(Cl)(Cl)Cl. The molecular weight excluding hydrogens is 236 g/mol. The third-order valence-electron chi connectivity index (χ3n) is 1.20. The minimum atomic E-state index is -1.88. The van der Waals surface area contributed by atoms with Gasteiger partial charge < -0.3 is 10.4 Å². The standard InChI is InChI=1S/C7H12Cl3NO2/c1-4(2)3-5(12)11-6(13)7(8,9)10/h4,6,13H,3H2,1-2H3,(H,11,12)/t6-/m1/s1. The molecule has 0 aromatic rings. The maximum absolute atomic E-state index is 11.1. The Kier molecular flexibility index (Phi) is 5.37. The Morgan fingerprint density at radius 3 is 2.23 bits per heavy atom. The van der Waals surface area contributed by atoms with Gasteiger partial charge in [-0.1, -0.05) is 48.7 Å². The Balaban J connectivity index is 3.93. The molecule has 0 aromatic heterocycles. The molecule has 1 amide bonds. The van der Waals surface area contributed by atoms with Gasteiger partial charge in [0.05, 0.1) is 0 Å². The van der Waals surface area contributed by atoms with Gasteiger partial charge in [0.2, 0.25) is 9.70 Å². The van der Waals surface area contributed by atoms with Gasteiger partial charge in [-0.05, 0) is 5.92 Å². The van der Waals surface area contributed by atoms with Gasteiger partial charge in [-0.3, -0.25) is 4.79 Å². The number of hydrogen-bond donors (Lipinski definition) is 2. The Hall–Kier alpha value is 0.300. The van der Waals surface area contributed by atoms with Gasteiger partial charge in [0.25, 0.3) is 0 Å². The highest BCUT2D eigenvalue weighted by atomic mass is 35.6. The van der Waals surface area contributed by atoms with Gasteiger partial charge in [0.15, 0.2) is 6.23 Å². The van der Waals surface area contributed by atoms with Gasteiger partial charge in [-0.2, -0.15) is 0 Å². The van der Waals surface area contributed by atoms with E-state index in [-0.39, 0.29) is 18.2 Å². The van der Waals surface area contributed by atoms with Gasteiger partial charge in [-0.15, -0.1) is 0 Å². The lowest BCUT2D eigenvalue weighted by Gasteiger charge is -2.20. The van der Waals surface area contributed by atoms with Crippen LogP contribution in [-0.4, -0.2) is 21.0 Å². The van der Waals surface area contributed by atoms with Crippen molar-refractivity contribution >= 4 is 40.7 Å². The first-order valence-electron chi connectivity index (χ1n) is 3.77. The molecule has 78 valence electrons. The highest BCUT2D eigenvalue weighted by molar-refractivity contribution is 6.68. The molecule has 0 radical (unpaired) electrons. The molecule has 0 bridgehead atoms. The maximum atomic E-state index is 11.1. The summed E-state index contributed by atoms with van der Waals surface area (Å²) in [4.78, 5) is 11.1. The number of carbonyl (C=O) groups is 1. The number of rotatable bonds is 3. The average molecular weight is 249 g/mol. The number of alkyl halides is 3. The van der Waals surface area contributed by atoms with Crippen LogP contribution < -0.4 is 5.32 Å². The number of aliphatic hydroxyl groups is 1. The fourth-order valence-corrected chi connectivity index (χ4v) is 0.828. The number of amides is 1. The summed E-state index contributed by atoms with van der Waals surface area (Å²) in [5.41, 5.74) is 0. The normalized spacial score (nSPS) is 14.4. The molecule has 0 aliphatic heterocycles. The van der Waals surface area contributed by atoms with Crippen LogP contribution in [0.4, 0.5) is 0 Å².